The van der Waals surface area contributed by atoms with Crippen LogP contribution in [0, 0.1) is 12.8 Å². The Morgan fingerprint density at radius 1 is 1.41 bits per heavy atom. The molecular weight excluding hydrogens is 210 g/mol. The molecule has 1 aliphatic carbocycles. The quantitative estimate of drug-likeness (QED) is 0.781. The first kappa shape index (κ1) is 12.6. The van der Waals surface area contributed by atoms with Crippen LogP contribution in [0.3, 0.4) is 0 Å². The predicted molar refractivity (Wildman–Crippen MR) is 71.1 cm³/mol. The molecule has 0 amide bonds. The third kappa shape index (κ3) is 4.14. The molecule has 2 nitrogen and oxygen atoms in total. The molecule has 0 spiro atoms. The first-order chi connectivity index (χ1) is 8.29. The van der Waals surface area contributed by atoms with Gasteiger partial charge in [0.15, 0.2) is 0 Å². The summed E-state index contributed by atoms with van der Waals surface area (Å²) in [5, 5.41) is 3.21. The Hall–Kier alpha value is -0.860. The van der Waals surface area contributed by atoms with Crippen molar-refractivity contribution in [2.24, 2.45) is 5.92 Å². The van der Waals surface area contributed by atoms with Gasteiger partial charge in [0.2, 0.25) is 0 Å². The summed E-state index contributed by atoms with van der Waals surface area (Å²) >= 11 is 0. The van der Waals surface area contributed by atoms with E-state index >= 15 is 0 Å². The van der Waals surface area contributed by atoms with Crippen molar-refractivity contribution >= 4 is 0 Å². The average Bonchev–Trinajstić information content (AvgIpc) is 3.12. The van der Waals surface area contributed by atoms with Crippen LogP contribution in [0.25, 0.3) is 0 Å². The lowest BCUT2D eigenvalue weighted by atomic mass is 10.1. The molecule has 0 saturated heterocycles. The van der Waals surface area contributed by atoms with Gasteiger partial charge in [-0.25, -0.2) is 0 Å². The van der Waals surface area contributed by atoms with Crippen LogP contribution in [-0.4, -0.2) is 20.2 Å². The average molecular weight is 233 g/mol. The maximum absolute atomic E-state index is 6.01. The van der Waals surface area contributed by atoms with E-state index in [-0.39, 0.29) is 6.10 Å². The lowest BCUT2D eigenvalue weighted by Crippen LogP contribution is -2.20. The maximum Gasteiger partial charge on any atom is 0.0949 e. The van der Waals surface area contributed by atoms with Gasteiger partial charge in [0.1, 0.15) is 0 Å². The van der Waals surface area contributed by atoms with Gasteiger partial charge in [-0.3, -0.25) is 0 Å². The Morgan fingerprint density at radius 3 is 2.88 bits per heavy atom. The van der Waals surface area contributed by atoms with Gasteiger partial charge in [-0.1, -0.05) is 42.7 Å². The first-order valence-corrected chi connectivity index (χ1v) is 6.62. The molecule has 0 radical (unpaired) electrons. The zero-order valence-corrected chi connectivity index (χ0v) is 10.9. The van der Waals surface area contributed by atoms with Crippen molar-refractivity contribution in [2.75, 3.05) is 20.2 Å². The van der Waals surface area contributed by atoms with Gasteiger partial charge in [-0.05, 0) is 31.9 Å². The lowest BCUT2D eigenvalue weighted by Gasteiger charge is -2.18. The number of hydrogen-bond donors (Lipinski definition) is 1. The second-order valence-corrected chi connectivity index (χ2v) is 5.06. The minimum absolute atomic E-state index is 0.193. The van der Waals surface area contributed by atoms with E-state index in [1.807, 2.05) is 7.05 Å². The number of rotatable bonds is 7. The number of benzene rings is 1. The Kier molecular flexibility index (Phi) is 4.57. The molecule has 1 unspecified atom stereocenters. The Morgan fingerprint density at radius 2 is 2.24 bits per heavy atom. The van der Waals surface area contributed by atoms with E-state index in [9.17, 15) is 0 Å². The summed E-state index contributed by atoms with van der Waals surface area (Å²) in [6, 6.07) is 8.62. The molecule has 1 N–H and O–H groups in total. The first-order valence-electron chi connectivity index (χ1n) is 6.62. The van der Waals surface area contributed by atoms with E-state index in [4.69, 9.17) is 4.74 Å². The summed E-state index contributed by atoms with van der Waals surface area (Å²) in [6.07, 6.45) is 4.24. The summed E-state index contributed by atoms with van der Waals surface area (Å²) in [5.41, 5.74) is 2.59. The molecule has 1 fully saturated rings. The second kappa shape index (κ2) is 6.18. The van der Waals surface area contributed by atoms with E-state index in [2.05, 4.69) is 36.5 Å². The molecule has 2 heteroatoms. The fourth-order valence-corrected chi connectivity index (χ4v) is 2.11. The Bertz CT molecular complexity index is 347. The highest BCUT2D eigenvalue weighted by atomic mass is 16.5. The van der Waals surface area contributed by atoms with E-state index in [0.717, 1.165) is 19.1 Å². The molecule has 1 aliphatic rings. The molecule has 1 saturated carbocycles. The fourth-order valence-electron chi connectivity index (χ4n) is 2.11. The standard InChI is InChI=1S/C15H23NO/c1-12-4-3-5-14(10-12)15(11-16-2)17-9-8-13-6-7-13/h3-5,10,13,15-16H,6-9,11H2,1-2H3. The van der Waals surface area contributed by atoms with Crippen molar-refractivity contribution < 1.29 is 4.74 Å². The van der Waals surface area contributed by atoms with E-state index in [1.54, 1.807) is 0 Å². The lowest BCUT2D eigenvalue weighted by molar-refractivity contribution is 0.0498. The fraction of sp³-hybridized carbons (Fsp3) is 0.600. The van der Waals surface area contributed by atoms with Crippen molar-refractivity contribution in [3.63, 3.8) is 0 Å². The minimum atomic E-state index is 0.193. The molecule has 1 aromatic rings. The zero-order chi connectivity index (χ0) is 12.1. The number of likely N-dealkylation sites (N-methyl/N-ethyl adjacent to an activating group) is 1. The van der Waals surface area contributed by atoms with Crippen molar-refractivity contribution in [2.45, 2.75) is 32.3 Å². The van der Waals surface area contributed by atoms with Crippen LogP contribution < -0.4 is 5.32 Å². The summed E-state index contributed by atoms with van der Waals surface area (Å²) in [4.78, 5) is 0. The second-order valence-electron chi connectivity index (χ2n) is 5.06. The van der Waals surface area contributed by atoms with Crippen LogP contribution in [-0.2, 0) is 4.74 Å². The summed E-state index contributed by atoms with van der Waals surface area (Å²) in [7, 11) is 1.98. The number of aryl methyl sites for hydroxylation is 1. The monoisotopic (exact) mass is 233 g/mol. The molecule has 17 heavy (non-hydrogen) atoms. The van der Waals surface area contributed by atoms with Gasteiger partial charge < -0.3 is 10.1 Å². The van der Waals surface area contributed by atoms with Crippen molar-refractivity contribution in [1.82, 2.24) is 5.32 Å². The highest BCUT2D eigenvalue weighted by Gasteiger charge is 2.21. The number of hydrogen-bond acceptors (Lipinski definition) is 2. The van der Waals surface area contributed by atoms with Crippen LogP contribution in [0.5, 0.6) is 0 Å². The minimum Gasteiger partial charge on any atom is -0.372 e. The molecular formula is C15H23NO. The topological polar surface area (TPSA) is 21.3 Å². The SMILES string of the molecule is CNCC(OCCC1CC1)c1cccc(C)c1. The highest BCUT2D eigenvalue weighted by Crippen LogP contribution is 2.32. The summed E-state index contributed by atoms with van der Waals surface area (Å²) in [6.45, 7) is 3.91. The number of ether oxygens (including phenoxy) is 1. The highest BCUT2D eigenvalue weighted by molar-refractivity contribution is 5.24. The van der Waals surface area contributed by atoms with Crippen LogP contribution in [0.15, 0.2) is 24.3 Å². The van der Waals surface area contributed by atoms with Gasteiger partial charge in [0, 0.05) is 13.2 Å². The van der Waals surface area contributed by atoms with Gasteiger partial charge >= 0.3 is 0 Å². The van der Waals surface area contributed by atoms with Crippen LogP contribution >= 0.6 is 0 Å². The molecule has 0 aromatic heterocycles. The molecule has 94 valence electrons. The van der Waals surface area contributed by atoms with E-state index < -0.39 is 0 Å². The van der Waals surface area contributed by atoms with E-state index in [1.165, 1.54) is 30.4 Å². The molecule has 0 heterocycles. The number of nitrogens with one attached hydrogen (secondary N) is 1. The molecule has 1 aromatic carbocycles. The molecule has 1 atom stereocenters. The van der Waals surface area contributed by atoms with E-state index in [0.29, 0.717) is 0 Å². The van der Waals surface area contributed by atoms with Crippen molar-refractivity contribution in [3.05, 3.63) is 35.4 Å². The smallest absolute Gasteiger partial charge is 0.0949 e. The maximum atomic E-state index is 6.01. The van der Waals surface area contributed by atoms with Crippen molar-refractivity contribution in [1.29, 1.82) is 0 Å². The van der Waals surface area contributed by atoms with Crippen LogP contribution in [0.2, 0.25) is 0 Å². The van der Waals surface area contributed by atoms with Crippen LogP contribution in [0.4, 0.5) is 0 Å². The largest absolute Gasteiger partial charge is 0.372 e. The summed E-state index contributed by atoms with van der Waals surface area (Å²) in [5.74, 6) is 0.947. The Balaban J connectivity index is 1.89. The zero-order valence-electron chi connectivity index (χ0n) is 10.9. The third-order valence-corrected chi connectivity index (χ3v) is 3.35. The molecule has 0 bridgehead atoms. The normalized spacial score (nSPS) is 17.1. The molecule has 0 aliphatic heterocycles. The Labute approximate surface area is 104 Å². The van der Waals surface area contributed by atoms with Gasteiger partial charge in [0.25, 0.3) is 0 Å². The van der Waals surface area contributed by atoms with Crippen molar-refractivity contribution in [3.8, 4) is 0 Å². The summed E-state index contributed by atoms with van der Waals surface area (Å²) < 4.78 is 6.01. The third-order valence-electron chi connectivity index (χ3n) is 3.35. The predicted octanol–water partition coefficient (Wildman–Crippen LogP) is 3.07. The van der Waals surface area contributed by atoms with Gasteiger partial charge in [-0.2, -0.15) is 0 Å². The van der Waals surface area contributed by atoms with Gasteiger partial charge in [-0.15, -0.1) is 0 Å². The van der Waals surface area contributed by atoms with Crippen LogP contribution in [0.1, 0.15) is 36.5 Å². The van der Waals surface area contributed by atoms with Gasteiger partial charge in [0.05, 0.1) is 6.10 Å². The molecule has 2 rings (SSSR count).